The molecule has 90 valence electrons. The summed E-state index contributed by atoms with van der Waals surface area (Å²) in [7, 11) is 0. The summed E-state index contributed by atoms with van der Waals surface area (Å²) in [5, 5.41) is 8.71. The summed E-state index contributed by atoms with van der Waals surface area (Å²) >= 11 is 0. The van der Waals surface area contributed by atoms with Gasteiger partial charge in [-0.3, -0.25) is 4.79 Å². The number of rotatable bonds is 5. The number of nitrogens with two attached hydrogens (primary N) is 1. The third-order valence-corrected chi connectivity index (χ3v) is 2.32. The predicted molar refractivity (Wildman–Crippen MR) is 62.6 cm³/mol. The van der Waals surface area contributed by atoms with Gasteiger partial charge in [0.25, 0.3) is 0 Å². The summed E-state index contributed by atoms with van der Waals surface area (Å²) in [5.41, 5.74) is 6.33. The van der Waals surface area contributed by atoms with Crippen LogP contribution in [0.15, 0.2) is 30.3 Å². The monoisotopic (exact) mass is 247 g/mol. The van der Waals surface area contributed by atoms with Crippen LogP contribution in [-0.2, 0) is 4.79 Å². The highest BCUT2D eigenvalue weighted by Crippen LogP contribution is 2.22. The van der Waals surface area contributed by atoms with E-state index < -0.39 is 24.6 Å². The van der Waals surface area contributed by atoms with Gasteiger partial charge in [0.2, 0.25) is 0 Å². The first-order valence-electron chi connectivity index (χ1n) is 4.73. The Morgan fingerprint density at radius 3 is 2.38 bits per heavy atom. The summed E-state index contributed by atoms with van der Waals surface area (Å²) in [5.74, 6) is -1.43. The Balaban J connectivity index is 0.00000225. The standard InChI is InChI=1S/C11H14FNO2.ClH/c12-7-10(13)9(6-11(14)15)8-4-2-1-3-5-8;/h1-5,9-10H,6-7,13H2,(H,14,15);1H. The lowest BCUT2D eigenvalue weighted by atomic mass is 9.90. The molecule has 0 fully saturated rings. The van der Waals surface area contributed by atoms with Gasteiger partial charge in [-0.1, -0.05) is 30.3 Å². The summed E-state index contributed by atoms with van der Waals surface area (Å²) in [6, 6.07) is 8.17. The van der Waals surface area contributed by atoms with Crippen molar-refractivity contribution < 1.29 is 14.3 Å². The fourth-order valence-corrected chi connectivity index (χ4v) is 1.51. The van der Waals surface area contributed by atoms with Gasteiger partial charge in [-0.2, -0.15) is 0 Å². The van der Waals surface area contributed by atoms with Crippen molar-refractivity contribution in [2.75, 3.05) is 6.67 Å². The SMILES string of the molecule is Cl.NC(CF)C(CC(=O)O)c1ccccc1. The van der Waals surface area contributed by atoms with Gasteiger partial charge < -0.3 is 10.8 Å². The number of hydrogen-bond donors (Lipinski definition) is 2. The maximum Gasteiger partial charge on any atom is 0.304 e. The molecule has 0 aliphatic heterocycles. The van der Waals surface area contributed by atoms with Gasteiger partial charge in [-0.25, -0.2) is 4.39 Å². The van der Waals surface area contributed by atoms with Crippen LogP contribution in [0, 0.1) is 0 Å². The van der Waals surface area contributed by atoms with Gasteiger partial charge in [-0.15, -0.1) is 12.4 Å². The molecular weight excluding hydrogens is 233 g/mol. The topological polar surface area (TPSA) is 63.3 Å². The molecule has 1 aromatic carbocycles. The van der Waals surface area contributed by atoms with Crippen molar-refractivity contribution in [3.63, 3.8) is 0 Å². The van der Waals surface area contributed by atoms with E-state index in [1.165, 1.54) is 0 Å². The molecule has 0 bridgehead atoms. The molecule has 0 radical (unpaired) electrons. The van der Waals surface area contributed by atoms with Crippen LogP contribution in [0.1, 0.15) is 17.9 Å². The lowest BCUT2D eigenvalue weighted by Crippen LogP contribution is -2.32. The average Bonchev–Trinajstić information content (AvgIpc) is 2.26. The highest BCUT2D eigenvalue weighted by molar-refractivity contribution is 5.85. The molecule has 1 aromatic rings. The van der Waals surface area contributed by atoms with Gasteiger partial charge in [0.1, 0.15) is 6.67 Å². The number of hydrogen-bond acceptors (Lipinski definition) is 2. The van der Waals surface area contributed by atoms with Crippen LogP contribution in [0.2, 0.25) is 0 Å². The number of carboxylic acids is 1. The summed E-state index contributed by atoms with van der Waals surface area (Å²) in [6.45, 7) is -0.715. The Hall–Kier alpha value is -1.13. The van der Waals surface area contributed by atoms with Gasteiger partial charge in [0, 0.05) is 12.0 Å². The first-order chi connectivity index (χ1) is 7.15. The van der Waals surface area contributed by atoms with E-state index in [2.05, 4.69) is 0 Å². The summed E-state index contributed by atoms with van der Waals surface area (Å²) < 4.78 is 12.5. The molecule has 0 heterocycles. The molecule has 0 aliphatic carbocycles. The second-order valence-corrected chi connectivity index (χ2v) is 3.43. The van der Waals surface area contributed by atoms with Gasteiger partial charge >= 0.3 is 5.97 Å². The molecule has 16 heavy (non-hydrogen) atoms. The van der Waals surface area contributed by atoms with E-state index in [1.807, 2.05) is 6.07 Å². The summed E-state index contributed by atoms with van der Waals surface area (Å²) in [4.78, 5) is 10.6. The molecule has 2 unspecified atom stereocenters. The number of aliphatic carboxylic acids is 1. The van der Waals surface area contributed by atoms with Crippen molar-refractivity contribution in [1.82, 2.24) is 0 Å². The molecule has 3 nitrogen and oxygen atoms in total. The zero-order chi connectivity index (χ0) is 11.3. The van der Waals surface area contributed by atoms with Crippen LogP contribution >= 0.6 is 12.4 Å². The number of carbonyl (C=O) groups is 1. The Morgan fingerprint density at radius 1 is 1.38 bits per heavy atom. The van der Waals surface area contributed by atoms with Crippen molar-refractivity contribution in [2.24, 2.45) is 5.73 Å². The third kappa shape index (κ3) is 4.16. The van der Waals surface area contributed by atoms with Crippen molar-refractivity contribution in [3.8, 4) is 0 Å². The number of alkyl halides is 1. The number of benzene rings is 1. The zero-order valence-electron chi connectivity index (χ0n) is 8.67. The normalized spacial score (nSPS) is 13.6. The molecule has 0 amide bonds. The van der Waals surface area contributed by atoms with Gasteiger partial charge in [0.05, 0.1) is 6.42 Å². The first-order valence-corrected chi connectivity index (χ1v) is 4.73. The van der Waals surface area contributed by atoms with Crippen LogP contribution in [-0.4, -0.2) is 23.8 Å². The van der Waals surface area contributed by atoms with Crippen LogP contribution in [0.5, 0.6) is 0 Å². The molecule has 1 rings (SSSR count). The largest absolute Gasteiger partial charge is 0.481 e. The molecule has 0 saturated heterocycles. The van der Waals surface area contributed by atoms with E-state index in [1.54, 1.807) is 24.3 Å². The first kappa shape index (κ1) is 14.9. The minimum atomic E-state index is -0.965. The highest BCUT2D eigenvalue weighted by atomic mass is 35.5. The van der Waals surface area contributed by atoms with Crippen molar-refractivity contribution in [3.05, 3.63) is 35.9 Å². The molecule has 0 spiro atoms. The van der Waals surface area contributed by atoms with Crippen LogP contribution in [0.4, 0.5) is 4.39 Å². The Morgan fingerprint density at radius 2 is 1.94 bits per heavy atom. The highest BCUT2D eigenvalue weighted by Gasteiger charge is 2.22. The second kappa shape index (κ2) is 7.19. The van der Waals surface area contributed by atoms with Crippen molar-refractivity contribution >= 4 is 18.4 Å². The maximum absolute atomic E-state index is 12.5. The molecule has 0 saturated carbocycles. The van der Waals surface area contributed by atoms with Gasteiger partial charge in [-0.05, 0) is 5.56 Å². The fraction of sp³-hybridized carbons (Fsp3) is 0.364. The minimum absolute atomic E-state index is 0. The van der Waals surface area contributed by atoms with E-state index in [9.17, 15) is 9.18 Å². The van der Waals surface area contributed by atoms with E-state index in [0.29, 0.717) is 0 Å². The van der Waals surface area contributed by atoms with E-state index in [0.717, 1.165) is 5.56 Å². The molecule has 2 atom stereocenters. The molecule has 5 heteroatoms. The number of carboxylic acid groups (broad SMARTS) is 1. The summed E-state index contributed by atoms with van der Waals surface area (Å²) in [6.07, 6.45) is -0.144. The zero-order valence-corrected chi connectivity index (χ0v) is 9.49. The Kier molecular flexibility index (Phi) is 6.69. The van der Waals surface area contributed by atoms with E-state index in [-0.39, 0.29) is 18.8 Å². The average molecular weight is 248 g/mol. The quantitative estimate of drug-likeness (QED) is 0.836. The predicted octanol–water partition coefficient (Wildman–Crippen LogP) is 1.96. The smallest absolute Gasteiger partial charge is 0.304 e. The Labute approximate surface area is 99.9 Å². The fourth-order valence-electron chi connectivity index (χ4n) is 1.51. The van der Waals surface area contributed by atoms with Gasteiger partial charge in [0.15, 0.2) is 0 Å². The second-order valence-electron chi connectivity index (χ2n) is 3.43. The molecular formula is C11H15ClFNO2. The van der Waals surface area contributed by atoms with Crippen LogP contribution in [0.25, 0.3) is 0 Å². The maximum atomic E-state index is 12.5. The van der Waals surface area contributed by atoms with Crippen molar-refractivity contribution in [1.29, 1.82) is 0 Å². The number of halogens is 2. The lowest BCUT2D eigenvalue weighted by molar-refractivity contribution is -0.137. The third-order valence-electron chi connectivity index (χ3n) is 2.32. The molecule has 3 N–H and O–H groups in total. The van der Waals surface area contributed by atoms with Crippen LogP contribution in [0.3, 0.4) is 0 Å². The lowest BCUT2D eigenvalue weighted by Gasteiger charge is -2.20. The minimum Gasteiger partial charge on any atom is -0.481 e. The Bertz CT molecular complexity index is 321. The molecule has 0 aliphatic rings. The van der Waals surface area contributed by atoms with Crippen LogP contribution < -0.4 is 5.73 Å². The molecule has 0 aromatic heterocycles. The van der Waals surface area contributed by atoms with E-state index in [4.69, 9.17) is 10.8 Å². The van der Waals surface area contributed by atoms with E-state index >= 15 is 0 Å². The van der Waals surface area contributed by atoms with Crippen molar-refractivity contribution in [2.45, 2.75) is 18.4 Å².